The number of carboxylic acids is 1. The first kappa shape index (κ1) is 17.5. The lowest BCUT2D eigenvalue weighted by atomic mass is 9.63. The van der Waals surface area contributed by atoms with Crippen molar-refractivity contribution < 1.29 is 14.6 Å². The van der Waals surface area contributed by atoms with Crippen molar-refractivity contribution in [3.05, 3.63) is 0 Å². The molecule has 0 saturated carbocycles. The number of aliphatic carboxylic acids is 1. The number of piperidine rings is 1. The summed E-state index contributed by atoms with van der Waals surface area (Å²) in [5, 5.41) is 8.27. The summed E-state index contributed by atoms with van der Waals surface area (Å²) in [5.41, 5.74) is 0. The van der Waals surface area contributed by atoms with E-state index in [2.05, 4.69) is 11.8 Å². The van der Waals surface area contributed by atoms with Crippen molar-refractivity contribution in [3.8, 4) is 0 Å². The SMILES string of the molecule is [B]C(CCCC)(CCN1CCC(OCC)CC1)C(=O)O. The van der Waals surface area contributed by atoms with Gasteiger partial charge in [-0.3, -0.25) is 4.79 Å². The molecule has 1 heterocycles. The van der Waals surface area contributed by atoms with Crippen LogP contribution in [0, 0.1) is 0 Å². The fourth-order valence-electron chi connectivity index (χ4n) is 2.72. The van der Waals surface area contributed by atoms with Gasteiger partial charge in [0.25, 0.3) is 0 Å². The van der Waals surface area contributed by atoms with E-state index in [0.29, 0.717) is 18.9 Å². The van der Waals surface area contributed by atoms with Crippen LogP contribution < -0.4 is 0 Å². The summed E-state index contributed by atoms with van der Waals surface area (Å²) in [6.45, 7) is 7.58. The van der Waals surface area contributed by atoms with E-state index in [0.717, 1.165) is 51.9 Å². The van der Waals surface area contributed by atoms with Gasteiger partial charge in [0, 0.05) is 25.0 Å². The lowest BCUT2D eigenvalue weighted by Gasteiger charge is -2.34. The number of likely N-dealkylation sites (tertiary alicyclic amines) is 1. The van der Waals surface area contributed by atoms with E-state index < -0.39 is 11.3 Å². The molecule has 4 nitrogen and oxygen atoms in total. The summed E-state index contributed by atoms with van der Waals surface area (Å²) in [5.74, 6) is -0.866. The number of hydrogen-bond acceptors (Lipinski definition) is 3. The monoisotopic (exact) mass is 281 g/mol. The molecule has 1 saturated heterocycles. The molecule has 0 aliphatic carbocycles. The molecule has 0 aromatic carbocycles. The van der Waals surface area contributed by atoms with Crippen molar-refractivity contribution in [3.63, 3.8) is 0 Å². The lowest BCUT2D eigenvalue weighted by molar-refractivity contribution is -0.141. The highest BCUT2D eigenvalue weighted by Crippen LogP contribution is 2.34. The Labute approximate surface area is 124 Å². The molecular formula is C15H28BNO3. The minimum atomic E-state index is -1.06. The Hall–Kier alpha value is -0.545. The van der Waals surface area contributed by atoms with Crippen LogP contribution in [0.25, 0.3) is 0 Å². The number of hydrogen-bond donors (Lipinski definition) is 1. The summed E-state index contributed by atoms with van der Waals surface area (Å²) in [6, 6.07) is 0. The normalized spacial score (nSPS) is 20.7. The van der Waals surface area contributed by atoms with Gasteiger partial charge in [-0.25, -0.2) is 0 Å². The number of ether oxygens (including phenoxy) is 1. The zero-order valence-corrected chi connectivity index (χ0v) is 12.9. The van der Waals surface area contributed by atoms with Gasteiger partial charge in [0.15, 0.2) is 0 Å². The molecule has 1 aliphatic heterocycles. The molecule has 0 bridgehead atoms. The molecule has 1 fully saturated rings. The van der Waals surface area contributed by atoms with Crippen molar-refractivity contribution in [2.24, 2.45) is 0 Å². The first-order valence-corrected chi connectivity index (χ1v) is 7.88. The summed E-state index contributed by atoms with van der Waals surface area (Å²) in [4.78, 5) is 13.7. The number of nitrogens with zero attached hydrogens (tertiary/aromatic N) is 1. The standard InChI is InChI=1S/C15H28BNO3/c1-3-5-8-15(16,14(18)19)9-12-17-10-6-13(7-11-17)20-4-2/h13H,3-12H2,1-2H3,(H,18,19). The molecule has 2 radical (unpaired) electrons. The maximum atomic E-state index is 11.4. The van der Waals surface area contributed by atoms with Gasteiger partial charge in [0.1, 0.15) is 0 Å². The van der Waals surface area contributed by atoms with Gasteiger partial charge in [0.05, 0.1) is 14.0 Å². The predicted octanol–water partition coefficient (Wildman–Crippen LogP) is 2.48. The van der Waals surface area contributed by atoms with Crippen LogP contribution in [0.3, 0.4) is 0 Å². The zero-order chi connectivity index (χ0) is 15.0. The van der Waals surface area contributed by atoms with Crippen molar-refractivity contribution in [2.75, 3.05) is 26.2 Å². The zero-order valence-electron chi connectivity index (χ0n) is 12.9. The van der Waals surface area contributed by atoms with Gasteiger partial charge in [-0.05, 0) is 39.2 Å². The average molecular weight is 281 g/mol. The molecule has 0 aromatic heterocycles. The molecular weight excluding hydrogens is 253 g/mol. The molecule has 20 heavy (non-hydrogen) atoms. The minimum absolute atomic E-state index is 0.374. The summed E-state index contributed by atoms with van der Waals surface area (Å²) >= 11 is 0. The first-order valence-electron chi connectivity index (χ1n) is 7.88. The van der Waals surface area contributed by atoms with Crippen LogP contribution in [0.4, 0.5) is 0 Å². The quantitative estimate of drug-likeness (QED) is 0.660. The first-order chi connectivity index (χ1) is 9.51. The Balaban J connectivity index is 2.35. The van der Waals surface area contributed by atoms with Crippen molar-refractivity contribution in [1.82, 2.24) is 4.90 Å². The van der Waals surface area contributed by atoms with E-state index in [1.807, 2.05) is 6.92 Å². The predicted molar refractivity (Wildman–Crippen MR) is 81.3 cm³/mol. The highest BCUT2D eigenvalue weighted by molar-refractivity contribution is 6.26. The van der Waals surface area contributed by atoms with E-state index >= 15 is 0 Å². The summed E-state index contributed by atoms with van der Waals surface area (Å²) in [7, 11) is 6.07. The molecule has 1 rings (SSSR count). The van der Waals surface area contributed by atoms with Gasteiger partial charge in [-0.15, -0.1) is 0 Å². The third-order valence-electron chi connectivity index (χ3n) is 4.21. The van der Waals surface area contributed by atoms with E-state index in [-0.39, 0.29) is 0 Å². The van der Waals surface area contributed by atoms with E-state index in [1.54, 1.807) is 0 Å². The molecule has 1 atom stereocenters. The molecule has 0 amide bonds. The second kappa shape index (κ2) is 8.68. The lowest BCUT2D eigenvalue weighted by Crippen LogP contribution is -2.39. The molecule has 1 unspecified atom stereocenters. The molecule has 114 valence electrons. The number of rotatable bonds is 9. The number of carboxylic acid groups (broad SMARTS) is 1. The third-order valence-corrected chi connectivity index (χ3v) is 4.21. The number of carbonyl (C=O) groups is 1. The van der Waals surface area contributed by atoms with E-state index in [4.69, 9.17) is 12.6 Å². The average Bonchev–Trinajstić information content (AvgIpc) is 2.44. The second-order valence-electron chi connectivity index (χ2n) is 5.81. The highest BCUT2D eigenvalue weighted by Gasteiger charge is 2.32. The maximum Gasteiger partial charge on any atom is 0.300 e. The van der Waals surface area contributed by atoms with Crippen LogP contribution in [0.1, 0.15) is 52.4 Å². The summed E-state index contributed by atoms with van der Waals surface area (Å²) in [6.07, 6.45) is 5.39. The van der Waals surface area contributed by atoms with Crippen LogP contribution in [-0.2, 0) is 9.53 Å². The Morgan fingerprint density at radius 3 is 2.50 bits per heavy atom. The van der Waals surface area contributed by atoms with Crippen LogP contribution in [-0.4, -0.2) is 56.2 Å². The molecule has 0 aromatic rings. The fourth-order valence-corrected chi connectivity index (χ4v) is 2.72. The largest absolute Gasteiger partial charge is 0.481 e. The van der Waals surface area contributed by atoms with Gasteiger partial charge in [-0.1, -0.05) is 19.8 Å². The van der Waals surface area contributed by atoms with Crippen molar-refractivity contribution in [2.45, 2.75) is 63.8 Å². The minimum Gasteiger partial charge on any atom is -0.481 e. The summed E-state index contributed by atoms with van der Waals surface area (Å²) < 4.78 is 5.62. The van der Waals surface area contributed by atoms with Crippen LogP contribution in [0.2, 0.25) is 5.31 Å². The smallest absolute Gasteiger partial charge is 0.300 e. The van der Waals surface area contributed by atoms with Crippen LogP contribution >= 0.6 is 0 Å². The van der Waals surface area contributed by atoms with Crippen molar-refractivity contribution >= 4 is 13.8 Å². The third kappa shape index (κ3) is 5.45. The highest BCUT2D eigenvalue weighted by atomic mass is 16.5. The number of unbranched alkanes of at least 4 members (excludes halogenated alkanes) is 1. The Morgan fingerprint density at radius 2 is 2.00 bits per heavy atom. The molecule has 5 heteroatoms. The van der Waals surface area contributed by atoms with Gasteiger partial charge in [0.2, 0.25) is 0 Å². The van der Waals surface area contributed by atoms with E-state index in [9.17, 15) is 9.90 Å². The topological polar surface area (TPSA) is 49.8 Å². The molecule has 1 aliphatic rings. The van der Waals surface area contributed by atoms with Gasteiger partial charge in [-0.2, -0.15) is 0 Å². The van der Waals surface area contributed by atoms with Crippen LogP contribution in [0.15, 0.2) is 0 Å². The maximum absolute atomic E-state index is 11.4. The Kier molecular flexibility index (Phi) is 7.60. The van der Waals surface area contributed by atoms with Crippen LogP contribution in [0.5, 0.6) is 0 Å². The second-order valence-corrected chi connectivity index (χ2v) is 5.81. The van der Waals surface area contributed by atoms with Gasteiger partial charge < -0.3 is 14.7 Å². The fraction of sp³-hybridized carbons (Fsp3) is 0.933. The van der Waals surface area contributed by atoms with Crippen molar-refractivity contribution in [1.29, 1.82) is 0 Å². The van der Waals surface area contributed by atoms with E-state index in [1.165, 1.54) is 0 Å². The Bertz CT molecular complexity index is 293. The molecule has 0 spiro atoms. The van der Waals surface area contributed by atoms with Gasteiger partial charge >= 0.3 is 5.97 Å². The Morgan fingerprint density at radius 1 is 1.35 bits per heavy atom. The molecule has 1 N–H and O–H groups in total.